The van der Waals surface area contributed by atoms with Crippen LogP contribution in [0.2, 0.25) is 0 Å². The van der Waals surface area contributed by atoms with Crippen LogP contribution in [0.15, 0.2) is 18.3 Å². The van der Waals surface area contributed by atoms with Gasteiger partial charge in [-0.25, -0.2) is 4.79 Å². The second kappa shape index (κ2) is 6.75. The van der Waals surface area contributed by atoms with E-state index in [9.17, 15) is 9.90 Å². The number of hydrogen-bond donors (Lipinski definition) is 2. The summed E-state index contributed by atoms with van der Waals surface area (Å²) in [5, 5.41) is 19.8. The first-order valence-electron chi connectivity index (χ1n) is 8.30. The van der Waals surface area contributed by atoms with Gasteiger partial charge in [0.25, 0.3) is 0 Å². The molecule has 0 saturated heterocycles. The Balaban J connectivity index is 2.77. The molecular weight excluding hydrogens is 290 g/mol. The number of aliphatic hydroxyl groups is 1. The van der Waals surface area contributed by atoms with Crippen LogP contribution in [0, 0.1) is 0 Å². The van der Waals surface area contributed by atoms with Crippen molar-refractivity contribution < 1.29 is 15.0 Å². The Morgan fingerprint density at radius 1 is 1.26 bits per heavy atom. The zero-order valence-electron chi connectivity index (χ0n) is 14.5. The molecule has 2 aromatic rings. The van der Waals surface area contributed by atoms with E-state index in [2.05, 4.69) is 40.0 Å². The molecule has 0 aliphatic heterocycles. The first-order valence-corrected chi connectivity index (χ1v) is 8.30. The molecule has 0 spiro atoms. The normalized spacial score (nSPS) is 12.0. The number of fused-ring (bicyclic) bond motifs is 1. The van der Waals surface area contributed by atoms with Crippen LogP contribution in [0.1, 0.15) is 62.0 Å². The van der Waals surface area contributed by atoms with Crippen molar-refractivity contribution in [2.45, 2.75) is 58.9 Å². The smallest absolute Gasteiger partial charge is 0.337 e. The number of carbonyl (C=O) groups is 1. The van der Waals surface area contributed by atoms with Crippen molar-refractivity contribution >= 4 is 16.9 Å². The standard InChI is InChI=1S/C19H27NO3/c1-5-7-13-12-20(8-6-9-21)17-15(13)10-14(19(2,3)4)11-16(17)18(22)23/h10-12,21H,5-9H2,1-4H3,(H,22,23). The van der Waals surface area contributed by atoms with Crippen LogP contribution in [0.3, 0.4) is 0 Å². The maximum atomic E-state index is 11.8. The Labute approximate surface area is 137 Å². The minimum atomic E-state index is -0.896. The van der Waals surface area contributed by atoms with Gasteiger partial charge in [-0.1, -0.05) is 34.1 Å². The zero-order chi connectivity index (χ0) is 17.2. The van der Waals surface area contributed by atoms with Gasteiger partial charge < -0.3 is 14.8 Å². The van der Waals surface area contributed by atoms with Crippen molar-refractivity contribution in [2.75, 3.05) is 6.61 Å². The number of carboxylic acid groups (broad SMARTS) is 1. The van der Waals surface area contributed by atoms with Crippen LogP contribution < -0.4 is 0 Å². The van der Waals surface area contributed by atoms with E-state index in [1.807, 2.05) is 4.57 Å². The number of carboxylic acids is 1. The minimum absolute atomic E-state index is 0.102. The predicted molar refractivity (Wildman–Crippen MR) is 93.3 cm³/mol. The van der Waals surface area contributed by atoms with E-state index in [0.717, 1.165) is 29.3 Å². The van der Waals surface area contributed by atoms with Gasteiger partial charge in [-0.15, -0.1) is 0 Å². The molecule has 1 aromatic carbocycles. The molecule has 126 valence electrons. The number of aromatic nitrogens is 1. The molecule has 4 heteroatoms. The predicted octanol–water partition coefficient (Wildman–Crippen LogP) is 3.97. The first kappa shape index (κ1) is 17.5. The zero-order valence-corrected chi connectivity index (χ0v) is 14.5. The molecule has 0 aliphatic rings. The van der Waals surface area contributed by atoms with Gasteiger partial charge in [-0.2, -0.15) is 0 Å². The largest absolute Gasteiger partial charge is 0.478 e. The summed E-state index contributed by atoms with van der Waals surface area (Å²) in [4.78, 5) is 11.8. The van der Waals surface area contributed by atoms with Crippen molar-refractivity contribution in [3.8, 4) is 0 Å². The summed E-state index contributed by atoms with van der Waals surface area (Å²) < 4.78 is 1.99. The lowest BCUT2D eigenvalue weighted by atomic mass is 9.84. The van der Waals surface area contributed by atoms with Gasteiger partial charge in [0, 0.05) is 24.7 Å². The fraction of sp³-hybridized carbons (Fsp3) is 0.526. The molecule has 2 rings (SSSR count). The van der Waals surface area contributed by atoms with Gasteiger partial charge in [0.2, 0.25) is 0 Å². The number of aliphatic hydroxyl groups excluding tert-OH is 1. The molecule has 4 nitrogen and oxygen atoms in total. The van der Waals surface area contributed by atoms with Gasteiger partial charge in [0.15, 0.2) is 0 Å². The summed E-state index contributed by atoms with van der Waals surface area (Å²) >= 11 is 0. The highest BCUT2D eigenvalue weighted by Crippen LogP contribution is 2.32. The average Bonchev–Trinajstić information content (AvgIpc) is 2.81. The van der Waals surface area contributed by atoms with Crippen molar-refractivity contribution in [3.63, 3.8) is 0 Å². The summed E-state index contributed by atoms with van der Waals surface area (Å²) in [5.74, 6) is -0.896. The highest BCUT2D eigenvalue weighted by molar-refractivity contribution is 6.04. The lowest BCUT2D eigenvalue weighted by molar-refractivity contribution is 0.0698. The van der Waals surface area contributed by atoms with Crippen LogP contribution >= 0.6 is 0 Å². The Morgan fingerprint density at radius 2 is 1.96 bits per heavy atom. The van der Waals surface area contributed by atoms with E-state index in [1.54, 1.807) is 6.07 Å². The van der Waals surface area contributed by atoms with E-state index < -0.39 is 5.97 Å². The maximum absolute atomic E-state index is 11.8. The molecule has 1 heterocycles. The molecule has 0 atom stereocenters. The van der Waals surface area contributed by atoms with Crippen molar-refractivity contribution in [3.05, 3.63) is 35.0 Å². The molecule has 0 bridgehead atoms. The lowest BCUT2D eigenvalue weighted by Crippen LogP contribution is -2.13. The molecule has 0 fully saturated rings. The Kier molecular flexibility index (Phi) is 5.15. The molecule has 0 saturated carbocycles. The van der Waals surface area contributed by atoms with Crippen LogP contribution in [0.4, 0.5) is 0 Å². The van der Waals surface area contributed by atoms with E-state index >= 15 is 0 Å². The fourth-order valence-electron chi connectivity index (χ4n) is 2.99. The number of nitrogens with zero attached hydrogens (tertiary/aromatic N) is 1. The van der Waals surface area contributed by atoms with Gasteiger partial charge in [-0.3, -0.25) is 0 Å². The van der Waals surface area contributed by atoms with Crippen LogP contribution in [-0.2, 0) is 18.4 Å². The molecule has 0 aliphatic carbocycles. The Hall–Kier alpha value is -1.81. The number of aryl methyl sites for hydroxylation is 2. The number of rotatable bonds is 6. The monoisotopic (exact) mass is 317 g/mol. The molecule has 2 N–H and O–H groups in total. The maximum Gasteiger partial charge on any atom is 0.337 e. The van der Waals surface area contributed by atoms with E-state index in [0.29, 0.717) is 18.5 Å². The van der Waals surface area contributed by atoms with Crippen LogP contribution in [-0.4, -0.2) is 27.4 Å². The molecule has 23 heavy (non-hydrogen) atoms. The van der Waals surface area contributed by atoms with E-state index in [4.69, 9.17) is 5.11 Å². The molecule has 0 radical (unpaired) electrons. The third kappa shape index (κ3) is 3.58. The van der Waals surface area contributed by atoms with E-state index in [-0.39, 0.29) is 12.0 Å². The lowest BCUT2D eigenvalue weighted by Gasteiger charge is -2.20. The summed E-state index contributed by atoms with van der Waals surface area (Å²) in [7, 11) is 0. The highest BCUT2D eigenvalue weighted by atomic mass is 16.4. The fourth-order valence-corrected chi connectivity index (χ4v) is 2.99. The van der Waals surface area contributed by atoms with Crippen molar-refractivity contribution in [1.29, 1.82) is 0 Å². The van der Waals surface area contributed by atoms with Gasteiger partial charge in [0.1, 0.15) is 0 Å². The van der Waals surface area contributed by atoms with Crippen molar-refractivity contribution in [1.82, 2.24) is 4.57 Å². The number of aromatic carboxylic acids is 1. The van der Waals surface area contributed by atoms with Crippen LogP contribution in [0.25, 0.3) is 10.9 Å². The molecule has 0 amide bonds. The minimum Gasteiger partial charge on any atom is -0.478 e. The summed E-state index contributed by atoms with van der Waals surface area (Å²) in [6.45, 7) is 9.16. The second-order valence-electron chi connectivity index (χ2n) is 7.15. The summed E-state index contributed by atoms with van der Waals surface area (Å²) in [6.07, 6.45) is 4.62. The average molecular weight is 317 g/mol. The van der Waals surface area contributed by atoms with Gasteiger partial charge in [-0.05, 0) is 41.5 Å². The van der Waals surface area contributed by atoms with Gasteiger partial charge >= 0.3 is 5.97 Å². The Bertz CT molecular complexity index is 707. The summed E-state index contributed by atoms with van der Waals surface area (Å²) in [6, 6.07) is 3.94. The Morgan fingerprint density at radius 3 is 2.48 bits per heavy atom. The van der Waals surface area contributed by atoms with Crippen molar-refractivity contribution in [2.24, 2.45) is 0 Å². The number of benzene rings is 1. The summed E-state index contributed by atoms with van der Waals surface area (Å²) in [5.41, 5.74) is 3.26. The first-order chi connectivity index (χ1) is 10.8. The second-order valence-corrected chi connectivity index (χ2v) is 7.15. The quantitative estimate of drug-likeness (QED) is 0.847. The highest BCUT2D eigenvalue weighted by Gasteiger charge is 2.22. The van der Waals surface area contributed by atoms with E-state index in [1.165, 1.54) is 5.56 Å². The molecular formula is C19H27NO3. The topological polar surface area (TPSA) is 62.5 Å². The third-order valence-electron chi connectivity index (χ3n) is 4.23. The van der Waals surface area contributed by atoms with Gasteiger partial charge in [0.05, 0.1) is 11.1 Å². The molecule has 1 aromatic heterocycles. The third-order valence-corrected chi connectivity index (χ3v) is 4.23. The molecule has 0 unspecified atom stereocenters. The SMILES string of the molecule is CCCc1cn(CCCO)c2c(C(=O)O)cc(C(C)(C)C)cc12. The van der Waals surface area contributed by atoms with Crippen LogP contribution in [0.5, 0.6) is 0 Å². The number of hydrogen-bond acceptors (Lipinski definition) is 2.